The molecule has 1 aromatic carbocycles. The Morgan fingerprint density at radius 2 is 2.15 bits per heavy atom. The van der Waals surface area contributed by atoms with E-state index in [1.54, 1.807) is 0 Å². The van der Waals surface area contributed by atoms with Crippen molar-refractivity contribution in [1.82, 2.24) is 4.98 Å². The summed E-state index contributed by atoms with van der Waals surface area (Å²) in [6.07, 6.45) is 2.52. The van der Waals surface area contributed by atoms with Gasteiger partial charge in [-0.05, 0) is 36.5 Å². The van der Waals surface area contributed by atoms with Gasteiger partial charge in [0.05, 0.1) is 5.52 Å². The zero-order chi connectivity index (χ0) is 14.1. The molecule has 0 spiro atoms. The number of rotatable bonds is 3. The molecule has 2 aromatic rings. The number of benzene rings is 1. The number of alkyl halides is 1. The molecular formula is C17H21ClN2. The minimum absolute atomic E-state index is 0.538. The fraction of sp³-hybridized carbons (Fsp3) is 0.471. The van der Waals surface area contributed by atoms with Crippen molar-refractivity contribution < 1.29 is 0 Å². The first kappa shape index (κ1) is 13.7. The maximum atomic E-state index is 6.14. The highest BCUT2D eigenvalue weighted by Crippen LogP contribution is 2.31. The van der Waals surface area contributed by atoms with Gasteiger partial charge in [-0.3, -0.25) is 0 Å². The summed E-state index contributed by atoms with van der Waals surface area (Å²) < 4.78 is 0. The molecule has 1 aliphatic rings. The zero-order valence-electron chi connectivity index (χ0n) is 12.1. The predicted octanol–water partition coefficient (Wildman–Crippen LogP) is 4.60. The van der Waals surface area contributed by atoms with Gasteiger partial charge < -0.3 is 4.90 Å². The highest BCUT2D eigenvalue weighted by molar-refractivity contribution is 6.18. The fourth-order valence-electron chi connectivity index (χ4n) is 3.26. The van der Waals surface area contributed by atoms with E-state index in [0.29, 0.717) is 17.8 Å². The molecule has 1 fully saturated rings. The van der Waals surface area contributed by atoms with Crippen molar-refractivity contribution >= 4 is 28.3 Å². The Hall–Kier alpha value is -1.28. The number of halogens is 1. The van der Waals surface area contributed by atoms with E-state index in [1.807, 2.05) is 12.1 Å². The topological polar surface area (TPSA) is 16.1 Å². The maximum Gasteiger partial charge on any atom is 0.129 e. The number of hydrogen-bond acceptors (Lipinski definition) is 2. The van der Waals surface area contributed by atoms with E-state index in [1.165, 1.54) is 23.8 Å². The van der Waals surface area contributed by atoms with Crippen LogP contribution in [0.25, 0.3) is 10.9 Å². The quantitative estimate of drug-likeness (QED) is 0.768. The second-order valence-electron chi connectivity index (χ2n) is 5.94. The fourth-order valence-corrected chi connectivity index (χ4v) is 3.48. The minimum atomic E-state index is 0.538. The molecule has 0 radical (unpaired) electrons. The summed E-state index contributed by atoms with van der Waals surface area (Å²) in [5.41, 5.74) is 2.23. The van der Waals surface area contributed by atoms with Crippen molar-refractivity contribution in [3.05, 3.63) is 35.9 Å². The van der Waals surface area contributed by atoms with Crippen LogP contribution in [-0.4, -0.2) is 17.6 Å². The molecule has 1 atom stereocenters. The Balaban J connectivity index is 2.07. The van der Waals surface area contributed by atoms with Gasteiger partial charge in [0.25, 0.3) is 0 Å². The summed E-state index contributed by atoms with van der Waals surface area (Å²) in [5.74, 6) is 2.29. The number of nitrogens with zero attached hydrogens (tertiary/aromatic N) is 2. The summed E-state index contributed by atoms with van der Waals surface area (Å²) in [7, 11) is 0. The lowest BCUT2D eigenvalue weighted by atomic mass is 10.0. The molecule has 0 aliphatic carbocycles. The summed E-state index contributed by atoms with van der Waals surface area (Å²) in [5, 5.41) is 1.17. The summed E-state index contributed by atoms with van der Waals surface area (Å²) in [4.78, 5) is 7.33. The average molecular weight is 289 g/mol. The molecule has 106 valence electrons. The van der Waals surface area contributed by atoms with Gasteiger partial charge in [-0.1, -0.05) is 32.0 Å². The number of fused-ring (bicyclic) bond motifs is 1. The molecule has 1 aliphatic heterocycles. The van der Waals surface area contributed by atoms with Gasteiger partial charge in [-0.2, -0.15) is 0 Å². The third-order valence-electron chi connectivity index (χ3n) is 4.30. The first-order chi connectivity index (χ1) is 9.70. The molecule has 0 bridgehead atoms. The van der Waals surface area contributed by atoms with E-state index in [2.05, 4.69) is 36.9 Å². The Labute approximate surface area is 125 Å². The molecule has 0 saturated carbocycles. The van der Waals surface area contributed by atoms with Crippen LogP contribution in [0.4, 0.5) is 5.82 Å². The van der Waals surface area contributed by atoms with Crippen LogP contribution in [0, 0.1) is 5.92 Å². The van der Waals surface area contributed by atoms with Crippen LogP contribution in [0.1, 0.15) is 32.3 Å². The maximum absolute atomic E-state index is 6.14. The van der Waals surface area contributed by atoms with E-state index in [4.69, 9.17) is 16.6 Å². The lowest BCUT2D eigenvalue weighted by Gasteiger charge is -2.29. The van der Waals surface area contributed by atoms with Gasteiger partial charge in [0.2, 0.25) is 0 Å². The molecule has 1 aromatic heterocycles. The molecular weight excluding hydrogens is 268 g/mol. The van der Waals surface area contributed by atoms with Crippen molar-refractivity contribution in [2.24, 2.45) is 5.92 Å². The second kappa shape index (κ2) is 5.61. The number of anilines is 1. The molecule has 2 nitrogen and oxygen atoms in total. The molecule has 1 unspecified atom stereocenters. The SMILES string of the molecule is CC(C)C1CCCN1c1cc(CCl)c2ccccc2n1. The van der Waals surface area contributed by atoms with E-state index in [9.17, 15) is 0 Å². The Morgan fingerprint density at radius 1 is 1.35 bits per heavy atom. The van der Waals surface area contributed by atoms with E-state index >= 15 is 0 Å². The summed E-state index contributed by atoms with van der Waals surface area (Å²) >= 11 is 6.14. The number of para-hydroxylation sites is 1. The van der Waals surface area contributed by atoms with Crippen LogP contribution in [-0.2, 0) is 5.88 Å². The standard InChI is InChI=1S/C17H21ClN2/c1-12(2)16-8-5-9-20(16)17-10-13(11-18)14-6-3-4-7-15(14)19-17/h3-4,6-7,10,12,16H,5,8-9,11H2,1-2H3. The first-order valence-electron chi connectivity index (χ1n) is 7.42. The van der Waals surface area contributed by atoms with Gasteiger partial charge in [-0.25, -0.2) is 4.98 Å². The monoisotopic (exact) mass is 288 g/mol. The van der Waals surface area contributed by atoms with Crippen LogP contribution in [0.2, 0.25) is 0 Å². The molecule has 3 heteroatoms. The molecule has 3 rings (SSSR count). The van der Waals surface area contributed by atoms with Crippen LogP contribution in [0.3, 0.4) is 0 Å². The largest absolute Gasteiger partial charge is 0.353 e. The third kappa shape index (κ3) is 2.37. The molecule has 1 saturated heterocycles. The van der Waals surface area contributed by atoms with Crippen molar-refractivity contribution in [1.29, 1.82) is 0 Å². The Morgan fingerprint density at radius 3 is 2.90 bits per heavy atom. The van der Waals surface area contributed by atoms with Crippen molar-refractivity contribution in [3.8, 4) is 0 Å². The normalized spacial score (nSPS) is 19.2. The first-order valence-corrected chi connectivity index (χ1v) is 7.95. The van der Waals surface area contributed by atoms with Gasteiger partial charge in [0.15, 0.2) is 0 Å². The lowest BCUT2D eigenvalue weighted by Crippen LogP contribution is -2.34. The molecule has 0 N–H and O–H groups in total. The van der Waals surface area contributed by atoms with Crippen LogP contribution in [0.5, 0.6) is 0 Å². The van der Waals surface area contributed by atoms with E-state index in [-0.39, 0.29) is 0 Å². The smallest absolute Gasteiger partial charge is 0.129 e. The highest BCUT2D eigenvalue weighted by atomic mass is 35.5. The van der Waals surface area contributed by atoms with Crippen LogP contribution < -0.4 is 4.90 Å². The van der Waals surface area contributed by atoms with Gasteiger partial charge in [0.1, 0.15) is 5.82 Å². The minimum Gasteiger partial charge on any atom is -0.353 e. The van der Waals surface area contributed by atoms with Crippen LogP contribution in [0.15, 0.2) is 30.3 Å². The number of hydrogen-bond donors (Lipinski definition) is 0. The summed E-state index contributed by atoms with van der Waals surface area (Å²) in [6, 6.07) is 11.1. The van der Waals surface area contributed by atoms with Crippen molar-refractivity contribution in [3.63, 3.8) is 0 Å². The van der Waals surface area contributed by atoms with Gasteiger partial charge in [-0.15, -0.1) is 11.6 Å². The van der Waals surface area contributed by atoms with Gasteiger partial charge in [0, 0.05) is 23.9 Å². The van der Waals surface area contributed by atoms with E-state index < -0.39 is 0 Å². The highest BCUT2D eigenvalue weighted by Gasteiger charge is 2.28. The predicted molar refractivity (Wildman–Crippen MR) is 86.5 cm³/mol. The third-order valence-corrected chi connectivity index (χ3v) is 4.58. The Kier molecular flexibility index (Phi) is 3.84. The zero-order valence-corrected chi connectivity index (χ0v) is 12.9. The van der Waals surface area contributed by atoms with E-state index in [0.717, 1.165) is 17.9 Å². The second-order valence-corrected chi connectivity index (χ2v) is 6.20. The number of aromatic nitrogens is 1. The lowest BCUT2D eigenvalue weighted by molar-refractivity contribution is 0.490. The summed E-state index contributed by atoms with van der Waals surface area (Å²) in [6.45, 7) is 5.70. The van der Waals surface area contributed by atoms with Crippen molar-refractivity contribution in [2.45, 2.75) is 38.6 Å². The molecule has 2 heterocycles. The van der Waals surface area contributed by atoms with Crippen LogP contribution >= 0.6 is 11.6 Å². The molecule has 20 heavy (non-hydrogen) atoms. The number of pyridine rings is 1. The van der Waals surface area contributed by atoms with Gasteiger partial charge >= 0.3 is 0 Å². The van der Waals surface area contributed by atoms with Crippen molar-refractivity contribution in [2.75, 3.05) is 11.4 Å². The molecule has 0 amide bonds. The average Bonchev–Trinajstić information content (AvgIpc) is 2.95. The Bertz CT molecular complexity index is 609.